The van der Waals surface area contributed by atoms with Gasteiger partial charge in [0.2, 0.25) is 11.8 Å². The molecule has 1 aliphatic heterocycles. The fraction of sp³-hybridized carbons (Fsp3) is 0.500. The molecule has 0 radical (unpaired) electrons. The first kappa shape index (κ1) is 15.5. The molecule has 0 saturated carbocycles. The van der Waals surface area contributed by atoms with E-state index in [9.17, 15) is 9.59 Å². The molecule has 114 valence electrons. The van der Waals surface area contributed by atoms with Crippen LogP contribution in [0.25, 0.3) is 0 Å². The van der Waals surface area contributed by atoms with Crippen LogP contribution in [0.4, 0.5) is 0 Å². The molecule has 0 spiro atoms. The summed E-state index contributed by atoms with van der Waals surface area (Å²) >= 11 is 0. The molecule has 1 N–H and O–H groups in total. The largest absolute Gasteiger partial charge is 0.383 e. The van der Waals surface area contributed by atoms with E-state index in [4.69, 9.17) is 4.74 Å². The lowest BCUT2D eigenvalue weighted by Crippen LogP contribution is -2.33. The molecule has 0 aromatic heterocycles. The van der Waals surface area contributed by atoms with Gasteiger partial charge in [-0.3, -0.25) is 9.59 Å². The Labute approximate surface area is 125 Å². The lowest BCUT2D eigenvalue weighted by Gasteiger charge is -2.15. The summed E-state index contributed by atoms with van der Waals surface area (Å²) in [4.78, 5) is 25.6. The average Bonchev–Trinajstić information content (AvgIpc) is 2.84. The Kier molecular flexibility index (Phi) is 5.33. The fourth-order valence-electron chi connectivity index (χ4n) is 2.52. The van der Waals surface area contributed by atoms with E-state index in [1.54, 1.807) is 12.0 Å². The van der Waals surface area contributed by atoms with Crippen LogP contribution >= 0.6 is 0 Å². The second kappa shape index (κ2) is 7.22. The maximum Gasteiger partial charge on any atom is 0.225 e. The molecule has 0 aliphatic carbocycles. The monoisotopic (exact) mass is 290 g/mol. The van der Waals surface area contributed by atoms with Crippen LogP contribution in [0.1, 0.15) is 17.5 Å². The number of aryl methyl sites for hydroxylation is 1. The van der Waals surface area contributed by atoms with E-state index < -0.39 is 0 Å². The number of hydrogen-bond acceptors (Lipinski definition) is 3. The van der Waals surface area contributed by atoms with Crippen LogP contribution in [0.5, 0.6) is 0 Å². The number of likely N-dealkylation sites (tertiary alicyclic amines) is 1. The molecule has 1 saturated heterocycles. The van der Waals surface area contributed by atoms with E-state index in [1.807, 2.05) is 31.2 Å². The number of benzene rings is 1. The number of nitrogens with zero attached hydrogens (tertiary/aromatic N) is 1. The Balaban J connectivity index is 1.83. The minimum atomic E-state index is -0.251. The highest BCUT2D eigenvalue weighted by Gasteiger charge is 2.33. The molecule has 2 amide bonds. The van der Waals surface area contributed by atoms with Gasteiger partial charge < -0.3 is 15.0 Å². The summed E-state index contributed by atoms with van der Waals surface area (Å²) in [6, 6.07) is 8.03. The van der Waals surface area contributed by atoms with Crippen LogP contribution in [0.3, 0.4) is 0 Å². The fourth-order valence-corrected chi connectivity index (χ4v) is 2.52. The van der Waals surface area contributed by atoms with E-state index >= 15 is 0 Å². The molecule has 0 bridgehead atoms. The van der Waals surface area contributed by atoms with Gasteiger partial charge >= 0.3 is 0 Å². The number of methoxy groups -OCH3 is 1. The van der Waals surface area contributed by atoms with Gasteiger partial charge in [-0.2, -0.15) is 0 Å². The van der Waals surface area contributed by atoms with Gasteiger partial charge in [-0.25, -0.2) is 0 Å². The average molecular weight is 290 g/mol. The van der Waals surface area contributed by atoms with Gasteiger partial charge in [0, 0.05) is 33.2 Å². The number of carbonyl (C=O) groups is 2. The van der Waals surface area contributed by atoms with Crippen molar-refractivity contribution in [3.63, 3.8) is 0 Å². The molecule has 5 nitrogen and oxygen atoms in total. The SMILES string of the molecule is COCCN1C[C@H](C(=O)NCc2cccc(C)c2)CC1=O. The number of ether oxygens (including phenoxy) is 1. The van der Waals surface area contributed by atoms with Crippen molar-refractivity contribution in [3.8, 4) is 0 Å². The van der Waals surface area contributed by atoms with E-state index in [-0.39, 0.29) is 17.7 Å². The van der Waals surface area contributed by atoms with E-state index in [2.05, 4.69) is 5.32 Å². The topological polar surface area (TPSA) is 58.6 Å². The van der Waals surface area contributed by atoms with Crippen LogP contribution < -0.4 is 5.32 Å². The second-order valence-electron chi connectivity index (χ2n) is 5.44. The molecule has 1 aromatic carbocycles. The predicted octanol–water partition coefficient (Wildman–Crippen LogP) is 1.11. The molecule has 21 heavy (non-hydrogen) atoms. The van der Waals surface area contributed by atoms with Crippen LogP contribution in [0, 0.1) is 12.8 Å². The molecule has 2 rings (SSSR count). The summed E-state index contributed by atoms with van der Waals surface area (Å²) in [6.45, 7) is 4.07. The minimum absolute atomic E-state index is 0.0303. The Morgan fingerprint density at radius 3 is 3.00 bits per heavy atom. The summed E-state index contributed by atoms with van der Waals surface area (Å²) in [5.41, 5.74) is 2.24. The lowest BCUT2D eigenvalue weighted by atomic mass is 10.1. The summed E-state index contributed by atoms with van der Waals surface area (Å²) in [7, 11) is 1.60. The summed E-state index contributed by atoms with van der Waals surface area (Å²) < 4.78 is 4.97. The van der Waals surface area contributed by atoms with Crippen molar-refractivity contribution in [3.05, 3.63) is 35.4 Å². The maximum atomic E-state index is 12.1. The highest BCUT2D eigenvalue weighted by molar-refractivity contribution is 5.89. The summed E-state index contributed by atoms with van der Waals surface area (Å²) in [5.74, 6) is -0.272. The zero-order chi connectivity index (χ0) is 15.2. The molecular weight excluding hydrogens is 268 g/mol. The predicted molar refractivity (Wildman–Crippen MR) is 79.6 cm³/mol. The van der Waals surface area contributed by atoms with Crippen LogP contribution in [0.15, 0.2) is 24.3 Å². The quantitative estimate of drug-likeness (QED) is 0.853. The number of rotatable bonds is 6. The van der Waals surface area contributed by atoms with Gasteiger partial charge in [-0.05, 0) is 12.5 Å². The third-order valence-corrected chi connectivity index (χ3v) is 3.70. The van der Waals surface area contributed by atoms with Crippen molar-refractivity contribution in [2.24, 2.45) is 5.92 Å². The normalized spacial score (nSPS) is 18.1. The van der Waals surface area contributed by atoms with Crippen molar-refractivity contribution < 1.29 is 14.3 Å². The molecule has 0 unspecified atom stereocenters. The maximum absolute atomic E-state index is 12.1. The van der Waals surface area contributed by atoms with Gasteiger partial charge in [-0.15, -0.1) is 0 Å². The van der Waals surface area contributed by atoms with Gasteiger partial charge in [0.05, 0.1) is 12.5 Å². The first-order valence-electron chi connectivity index (χ1n) is 7.20. The first-order chi connectivity index (χ1) is 10.1. The zero-order valence-corrected chi connectivity index (χ0v) is 12.6. The molecule has 1 fully saturated rings. The van der Waals surface area contributed by atoms with E-state index in [0.29, 0.717) is 32.7 Å². The lowest BCUT2D eigenvalue weighted by molar-refractivity contribution is -0.129. The van der Waals surface area contributed by atoms with Crippen LogP contribution in [0.2, 0.25) is 0 Å². The Bertz CT molecular complexity index is 516. The molecule has 1 heterocycles. The van der Waals surface area contributed by atoms with Crippen LogP contribution in [-0.4, -0.2) is 43.5 Å². The molecule has 1 aliphatic rings. The van der Waals surface area contributed by atoms with E-state index in [1.165, 1.54) is 5.56 Å². The van der Waals surface area contributed by atoms with E-state index in [0.717, 1.165) is 5.56 Å². The Hall–Kier alpha value is -1.88. The third kappa shape index (κ3) is 4.29. The summed E-state index contributed by atoms with van der Waals surface area (Å²) in [5, 5.41) is 2.92. The Morgan fingerprint density at radius 1 is 1.48 bits per heavy atom. The van der Waals surface area contributed by atoms with Crippen LogP contribution in [-0.2, 0) is 20.9 Å². The summed E-state index contributed by atoms with van der Waals surface area (Å²) in [6.07, 6.45) is 0.295. The Morgan fingerprint density at radius 2 is 2.29 bits per heavy atom. The minimum Gasteiger partial charge on any atom is -0.383 e. The van der Waals surface area contributed by atoms with Crippen molar-refractivity contribution in [1.29, 1.82) is 0 Å². The number of carbonyl (C=O) groups excluding carboxylic acids is 2. The molecule has 1 atom stereocenters. The molecular formula is C16H22N2O3. The smallest absolute Gasteiger partial charge is 0.225 e. The van der Waals surface area contributed by atoms with Crippen molar-refractivity contribution in [2.75, 3.05) is 26.8 Å². The number of nitrogens with one attached hydrogen (secondary N) is 1. The first-order valence-corrected chi connectivity index (χ1v) is 7.20. The highest BCUT2D eigenvalue weighted by atomic mass is 16.5. The third-order valence-electron chi connectivity index (χ3n) is 3.70. The standard InChI is InChI=1S/C16H22N2O3/c1-12-4-3-5-13(8-12)10-17-16(20)14-9-15(19)18(11-14)6-7-21-2/h3-5,8,14H,6-7,9-11H2,1-2H3,(H,17,20)/t14-/m1/s1. The van der Waals surface area contributed by atoms with Gasteiger partial charge in [0.15, 0.2) is 0 Å². The second-order valence-corrected chi connectivity index (χ2v) is 5.44. The highest BCUT2D eigenvalue weighted by Crippen LogP contribution is 2.17. The van der Waals surface area contributed by atoms with Gasteiger partial charge in [0.25, 0.3) is 0 Å². The van der Waals surface area contributed by atoms with Crippen molar-refractivity contribution in [1.82, 2.24) is 10.2 Å². The number of amides is 2. The van der Waals surface area contributed by atoms with Crippen molar-refractivity contribution in [2.45, 2.75) is 19.9 Å². The van der Waals surface area contributed by atoms with Gasteiger partial charge in [-0.1, -0.05) is 29.8 Å². The number of hydrogen-bond donors (Lipinski definition) is 1. The molecule has 5 heteroatoms. The van der Waals surface area contributed by atoms with Crippen molar-refractivity contribution >= 4 is 11.8 Å². The molecule has 1 aromatic rings. The zero-order valence-electron chi connectivity index (χ0n) is 12.6. The van der Waals surface area contributed by atoms with Gasteiger partial charge in [0.1, 0.15) is 0 Å².